The summed E-state index contributed by atoms with van der Waals surface area (Å²) in [4.78, 5) is 4.14. The van der Waals surface area contributed by atoms with Crippen LogP contribution >= 0.6 is 0 Å². The Hall–Kier alpha value is -2.05. The number of hydrogen-bond donors (Lipinski definition) is 1. The summed E-state index contributed by atoms with van der Waals surface area (Å²) in [5.41, 5.74) is 5.94. The third-order valence-corrected chi connectivity index (χ3v) is 2.54. The summed E-state index contributed by atoms with van der Waals surface area (Å²) in [5.74, 6) is 0. The molecule has 7 heteroatoms. The van der Waals surface area contributed by atoms with Gasteiger partial charge in [-0.2, -0.15) is 18.3 Å². The lowest BCUT2D eigenvalue weighted by atomic mass is 10.2. The molecule has 1 aromatic heterocycles. The first-order valence-electron chi connectivity index (χ1n) is 6.06. The van der Waals surface area contributed by atoms with E-state index in [1.165, 1.54) is 7.05 Å². The van der Waals surface area contributed by atoms with Gasteiger partial charge < -0.3 is 5.73 Å². The summed E-state index contributed by atoms with van der Waals surface area (Å²) in [7, 11) is 1.42. The first-order chi connectivity index (χ1) is 9.29. The van der Waals surface area contributed by atoms with Gasteiger partial charge in [0, 0.05) is 19.0 Å². The second kappa shape index (κ2) is 6.40. The molecule has 0 aliphatic heterocycles. The molecule has 0 aliphatic carbocycles. The van der Waals surface area contributed by atoms with Crippen LogP contribution in [0.2, 0.25) is 0 Å². The van der Waals surface area contributed by atoms with Crippen LogP contribution in [-0.2, 0) is 13.2 Å². The lowest BCUT2D eigenvalue weighted by molar-refractivity contribution is -0.141. The summed E-state index contributed by atoms with van der Waals surface area (Å²) >= 11 is 0. The third-order valence-electron chi connectivity index (χ3n) is 2.54. The van der Waals surface area contributed by atoms with Gasteiger partial charge in [-0.25, -0.2) is 0 Å². The van der Waals surface area contributed by atoms with Crippen molar-refractivity contribution in [3.8, 4) is 0 Å². The van der Waals surface area contributed by atoms with Gasteiger partial charge in [-0.05, 0) is 25.5 Å². The minimum atomic E-state index is -4.48. The zero-order valence-electron chi connectivity index (χ0n) is 11.6. The van der Waals surface area contributed by atoms with Gasteiger partial charge in [0.05, 0.1) is 11.4 Å². The fourth-order valence-electron chi connectivity index (χ4n) is 1.53. The van der Waals surface area contributed by atoms with Gasteiger partial charge in [-0.15, -0.1) is 0 Å². The van der Waals surface area contributed by atoms with Gasteiger partial charge in [0.25, 0.3) is 0 Å². The highest BCUT2D eigenvalue weighted by Crippen LogP contribution is 2.29. The minimum absolute atomic E-state index is 0.195. The fraction of sp³-hybridized carbons (Fsp3) is 0.385. The third kappa shape index (κ3) is 3.97. The van der Waals surface area contributed by atoms with Gasteiger partial charge >= 0.3 is 6.18 Å². The molecule has 0 aromatic carbocycles. The van der Waals surface area contributed by atoms with Crippen molar-refractivity contribution in [2.24, 2.45) is 17.8 Å². The Labute approximate surface area is 115 Å². The van der Waals surface area contributed by atoms with Crippen LogP contribution in [0.1, 0.15) is 31.7 Å². The van der Waals surface area contributed by atoms with Gasteiger partial charge in [0.1, 0.15) is 0 Å². The van der Waals surface area contributed by atoms with Gasteiger partial charge in [0.15, 0.2) is 5.69 Å². The molecule has 1 heterocycles. The molecule has 0 bridgehead atoms. The average molecular weight is 286 g/mol. The number of nitrogens with two attached hydrogens (primary N) is 1. The number of aromatic nitrogens is 2. The molecule has 110 valence electrons. The number of alkyl halides is 3. The molecular formula is C13H17F3N4. The van der Waals surface area contributed by atoms with Crippen molar-refractivity contribution in [3.05, 3.63) is 35.8 Å². The molecule has 20 heavy (non-hydrogen) atoms. The molecular weight excluding hydrogens is 269 g/mol. The highest BCUT2D eigenvalue weighted by Gasteiger charge is 2.34. The Kier molecular flexibility index (Phi) is 5.12. The predicted molar refractivity (Wildman–Crippen MR) is 72.9 cm³/mol. The van der Waals surface area contributed by atoms with Crippen LogP contribution in [0.5, 0.6) is 0 Å². The highest BCUT2D eigenvalue weighted by molar-refractivity contribution is 6.00. The molecule has 0 radical (unpaired) electrons. The Morgan fingerprint density at radius 1 is 1.50 bits per heavy atom. The lowest BCUT2D eigenvalue weighted by Gasteiger charge is -2.02. The maximum atomic E-state index is 12.6. The highest BCUT2D eigenvalue weighted by atomic mass is 19.4. The predicted octanol–water partition coefficient (Wildman–Crippen LogP) is 3.12. The van der Waals surface area contributed by atoms with E-state index in [4.69, 9.17) is 5.73 Å². The van der Waals surface area contributed by atoms with Crippen molar-refractivity contribution < 1.29 is 13.2 Å². The Morgan fingerprint density at radius 2 is 2.15 bits per heavy atom. The molecule has 0 aliphatic rings. The summed E-state index contributed by atoms with van der Waals surface area (Å²) in [6, 6.07) is 0.925. The van der Waals surface area contributed by atoms with E-state index in [0.717, 1.165) is 10.7 Å². The van der Waals surface area contributed by atoms with Crippen LogP contribution in [0.15, 0.2) is 29.4 Å². The molecule has 1 rings (SSSR count). The van der Waals surface area contributed by atoms with Crippen molar-refractivity contribution in [2.45, 2.75) is 26.4 Å². The van der Waals surface area contributed by atoms with Crippen molar-refractivity contribution >= 4 is 11.4 Å². The lowest BCUT2D eigenvalue weighted by Crippen LogP contribution is -2.07. The van der Waals surface area contributed by atoms with Gasteiger partial charge in [0.2, 0.25) is 0 Å². The number of allylic oxidation sites excluding steroid dienone is 2. The van der Waals surface area contributed by atoms with E-state index in [2.05, 4.69) is 10.1 Å². The number of nitrogens with zero attached hydrogens (tertiary/aromatic N) is 3. The fourth-order valence-corrected chi connectivity index (χ4v) is 1.53. The van der Waals surface area contributed by atoms with Crippen LogP contribution in [0.3, 0.4) is 0 Å². The van der Waals surface area contributed by atoms with E-state index < -0.39 is 11.9 Å². The van der Waals surface area contributed by atoms with Crippen molar-refractivity contribution in [3.63, 3.8) is 0 Å². The molecule has 0 saturated carbocycles. The number of halogens is 3. The number of aliphatic imine (C=N–C) groups is 1. The van der Waals surface area contributed by atoms with Crippen molar-refractivity contribution in [1.29, 1.82) is 0 Å². The average Bonchev–Trinajstić information content (AvgIpc) is 2.76. The maximum absolute atomic E-state index is 12.6. The normalized spacial score (nSPS) is 14.3. The molecule has 0 spiro atoms. The molecule has 1 aromatic rings. The quantitative estimate of drug-likeness (QED) is 0.865. The van der Waals surface area contributed by atoms with E-state index in [0.29, 0.717) is 12.1 Å². The Balaban J connectivity index is 3.14. The monoisotopic (exact) mass is 286 g/mol. The zero-order chi connectivity index (χ0) is 15.3. The second-order valence-corrected chi connectivity index (χ2v) is 4.09. The molecule has 4 nitrogen and oxygen atoms in total. The molecule has 0 amide bonds. The van der Waals surface area contributed by atoms with Gasteiger partial charge in [-0.1, -0.05) is 13.0 Å². The van der Waals surface area contributed by atoms with E-state index in [1.807, 2.05) is 13.8 Å². The zero-order valence-corrected chi connectivity index (χ0v) is 11.6. The van der Waals surface area contributed by atoms with E-state index in [1.54, 1.807) is 18.4 Å². The SMILES string of the molecule is C\C=C/N=C(\C=C(/N)c1cc(C(F)(F)F)nn1C)CC. The van der Waals surface area contributed by atoms with Crippen molar-refractivity contribution in [2.75, 3.05) is 0 Å². The van der Waals surface area contributed by atoms with E-state index in [9.17, 15) is 13.2 Å². The summed E-state index contributed by atoms with van der Waals surface area (Å²) in [5, 5.41) is 3.42. The molecule has 0 fully saturated rings. The molecule has 2 N–H and O–H groups in total. The molecule has 0 unspecified atom stereocenters. The largest absolute Gasteiger partial charge is 0.435 e. The first-order valence-corrected chi connectivity index (χ1v) is 6.06. The number of hydrogen-bond acceptors (Lipinski definition) is 3. The van der Waals surface area contributed by atoms with Crippen LogP contribution in [0.4, 0.5) is 13.2 Å². The Bertz CT molecular complexity index is 550. The van der Waals surface area contributed by atoms with Crippen LogP contribution < -0.4 is 5.73 Å². The van der Waals surface area contributed by atoms with Gasteiger partial charge in [-0.3, -0.25) is 9.67 Å². The molecule has 0 atom stereocenters. The summed E-state index contributed by atoms with van der Waals surface area (Å²) < 4.78 is 38.8. The standard InChI is InChI=1S/C13H17F3N4/c1-4-6-18-9(5-2)7-10(17)11-8-12(13(14,15)16)19-20(11)3/h4,6-8H,5,17H2,1-3H3/b6-4-,10-7-,18-9-. The maximum Gasteiger partial charge on any atom is 0.435 e. The van der Waals surface area contributed by atoms with Crippen LogP contribution in [0.25, 0.3) is 5.70 Å². The topological polar surface area (TPSA) is 56.2 Å². The smallest absolute Gasteiger partial charge is 0.397 e. The molecule has 0 saturated heterocycles. The number of rotatable bonds is 4. The van der Waals surface area contributed by atoms with E-state index in [-0.39, 0.29) is 11.4 Å². The summed E-state index contributed by atoms with van der Waals surface area (Å²) in [6.07, 6.45) is 1.05. The summed E-state index contributed by atoms with van der Waals surface area (Å²) in [6.45, 7) is 3.71. The second-order valence-electron chi connectivity index (χ2n) is 4.09. The van der Waals surface area contributed by atoms with E-state index >= 15 is 0 Å². The first kappa shape index (κ1) is 16.0. The van der Waals surface area contributed by atoms with Crippen LogP contribution in [0, 0.1) is 0 Å². The Morgan fingerprint density at radius 3 is 2.60 bits per heavy atom. The van der Waals surface area contributed by atoms with Crippen LogP contribution in [-0.4, -0.2) is 15.5 Å². The van der Waals surface area contributed by atoms with Crippen molar-refractivity contribution in [1.82, 2.24) is 9.78 Å². The number of aryl methyl sites for hydroxylation is 1. The minimum Gasteiger partial charge on any atom is -0.397 e.